The van der Waals surface area contributed by atoms with Gasteiger partial charge in [-0.05, 0) is 25.3 Å². The molecule has 74 valence electrons. The van der Waals surface area contributed by atoms with E-state index in [0.29, 0.717) is 0 Å². The monoisotopic (exact) mass is 189 g/mol. The Bertz CT molecular complexity index is 339. The van der Waals surface area contributed by atoms with Crippen LogP contribution in [0.5, 0.6) is 0 Å². The first-order chi connectivity index (χ1) is 6.67. The van der Waals surface area contributed by atoms with Gasteiger partial charge in [0.1, 0.15) is 0 Å². The van der Waals surface area contributed by atoms with Crippen molar-refractivity contribution in [3.8, 4) is 0 Å². The van der Waals surface area contributed by atoms with E-state index in [2.05, 4.69) is 0 Å². The van der Waals surface area contributed by atoms with Crippen molar-refractivity contribution in [1.82, 2.24) is 0 Å². The molecule has 0 saturated heterocycles. The summed E-state index contributed by atoms with van der Waals surface area (Å²) < 4.78 is 0. The summed E-state index contributed by atoms with van der Waals surface area (Å²) in [7, 11) is 0. The Balaban J connectivity index is 2.30. The van der Waals surface area contributed by atoms with Crippen LogP contribution in [0, 0.1) is 0 Å². The summed E-state index contributed by atoms with van der Waals surface area (Å²) >= 11 is 0. The fourth-order valence-corrected chi connectivity index (χ4v) is 2.00. The molecule has 1 fully saturated rings. The van der Waals surface area contributed by atoms with E-state index < -0.39 is 0 Å². The normalized spacial score (nSPS) is 20.1. The third-order valence-electron chi connectivity index (χ3n) is 2.96. The molecule has 0 bridgehead atoms. The van der Waals surface area contributed by atoms with E-state index in [0.717, 1.165) is 18.4 Å². The van der Waals surface area contributed by atoms with Crippen LogP contribution < -0.4 is 5.73 Å². The maximum Gasteiger partial charge on any atom is 0.159 e. The number of nitrogens with two attached hydrogens (primary N) is 1. The summed E-state index contributed by atoms with van der Waals surface area (Å²) in [6.07, 6.45) is 1.91. The van der Waals surface area contributed by atoms with Crippen LogP contribution >= 0.6 is 0 Å². The van der Waals surface area contributed by atoms with Crippen molar-refractivity contribution in [3.05, 3.63) is 35.9 Å². The molecule has 0 aliphatic heterocycles. The predicted molar refractivity (Wildman–Crippen MR) is 56.0 cm³/mol. The Hall–Kier alpha value is -1.15. The highest BCUT2D eigenvalue weighted by molar-refractivity contribution is 5.96. The fourth-order valence-electron chi connectivity index (χ4n) is 2.00. The van der Waals surface area contributed by atoms with Gasteiger partial charge in [0.05, 0.1) is 11.5 Å². The minimum atomic E-state index is -0.349. The minimum absolute atomic E-state index is 0.184. The first-order valence-electron chi connectivity index (χ1n) is 5.02. The highest BCUT2D eigenvalue weighted by Gasteiger charge is 2.51. The molecule has 2 heteroatoms. The summed E-state index contributed by atoms with van der Waals surface area (Å²) in [6.45, 7) is 1.77. The van der Waals surface area contributed by atoms with Crippen molar-refractivity contribution in [2.75, 3.05) is 0 Å². The quantitative estimate of drug-likeness (QED) is 0.785. The molecule has 0 amide bonds. The number of ketones is 1. The number of hydrogen-bond acceptors (Lipinski definition) is 2. The lowest BCUT2D eigenvalue weighted by Crippen LogP contribution is -2.36. The van der Waals surface area contributed by atoms with E-state index in [1.807, 2.05) is 30.3 Å². The van der Waals surface area contributed by atoms with Crippen molar-refractivity contribution in [1.29, 1.82) is 0 Å². The lowest BCUT2D eigenvalue weighted by molar-refractivity contribution is -0.122. The smallest absolute Gasteiger partial charge is 0.159 e. The molecule has 2 nitrogen and oxygen atoms in total. The molecule has 2 rings (SSSR count). The van der Waals surface area contributed by atoms with Crippen LogP contribution in [-0.4, -0.2) is 11.8 Å². The molecule has 0 spiro atoms. The lowest BCUT2D eigenvalue weighted by Gasteiger charge is -2.16. The van der Waals surface area contributed by atoms with Crippen molar-refractivity contribution in [2.24, 2.45) is 5.73 Å². The average Bonchev–Trinajstić information content (AvgIpc) is 2.99. The maximum absolute atomic E-state index is 11.9. The Morgan fingerprint density at radius 2 is 1.93 bits per heavy atom. The second kappa shape index (κ2) is 3.21. The summed E-state index contributed by atoms with van der Waals surface area (Å²) in [5.74, 6) is 0.184. The van der Waals surface area contributed by atoms with Crippen LogP contribution in [0.2, 0.25) is 0 Å². The molecule has 0 aromatic heterocycles. The fraction of sp³-hybridized carbons (Fsp3) is 0.417. The van der Waals surface area contributed by atoms with Crippen LogP contribution in [0.15, 0.2) is 30.3 Å². The molecular formula is C12H15NO. The molecule has 2 N–H and O–H groups in total. The van der Waals surface area contributed by atoms with E-state index in [-0.39, 0.29) is 17.2 Å². The van der Waals surface area contributed by atoms with Gasteiger partial charge in [0.25, 0.3) is 0 Å². The zero-order valence-corrected chi connectivity index (χ0v) is 8.36. The Kier molecular flexibility index (Phi) is 2.16. The second-order valence-corrected chi connectivity index (χ2v) is 4.10. The van der Waals surface area contributed by atoms with Gasteiger partial charge < -0.3 is 5.73 Å². The van der Waals surface area contributed by atoms with Crippen LogP contribution in [0.1, 0.15) is 25.3 Å². The predicted octanol–water partition coefficient (Wildman–Crippen LogP) is 1.63. The summed E-state index contributed by atoms with van der Waals surface area (Å²) in [5, 5.41) is 0. The van der Waals surface area contributed by atoms with Gasteiger partial charge in [-0.3, -0.25) is 4.79 Å². The molecule has 1 aromatic rings. The second-order valence-electron chi connectivity index (χ2n) is 4.10. The van der Waals surface area contributed by atoms with E-state index >= 15 is 0 Å². The molecule has 1 aliphatic carbocycles. The average molecular weight is 189 g/mol. The van der Waals surface area contributed by atoms with Gasteiger partial charge in [-0.1, -0.05) is 30.3 Å². The van der Waals surface area contributed by atoms with Crippen molar-refractivity contribution >= 4 is 5.78 Å². The molecule has 0 radical (unpaired) electrons. The largest absolute Gasteiger partial charge is 0.322 e. The van der Waals surface area contributed by atoms with Gasteiger partial charge in [-0.25, -0.2) is 0 Å². The van der Waals surface area contributed by atoms with Gasteiger partial charge >= 0.3 is 0 Å². The maximum atomic E-state index is 11.9. The van der Waals surface area contributed by atoms with Gasteiger partial charge in [-0.15, -0.1) is 0 Å². The topological polar surface area (TPSA) is 43.1 Å². The lowest BCUT2D eigenvalue weighted by atomic mass is 9.88. The number of benzene rings is 1. The number of Topliss-reactive ketones (excluding diaryl/α,β-unsaturated/α-hetero) is 1. The molecule has 1 aliphatic rings. The Labute approximate surface area is 84.1 Å². The number of rotatable bonds is 3. The molecular weight excluding hydrogens is 174 g/mol. The van der Waals surface area contributed by atoms with Crippen molar-refractivity contribution in [2.45, 2.75) is 31.2 Å². The molecule has 1 unspecified atom stereocenters. The Morgan fingerprint density at radius 1 is 1.36 bits per heavy atom. The van der Waals surface area contributed by atoms with Crippen molar-refractivity contribution in [3.63, 3.8) is 0 Å². The zero-order valence-electron chi connectivity index (χ0n) is 8.36. The molecule has 0 heterocycles. The number of carbonyl (C=O) groups is 1. The van der Waals surface area contributed by atoms with Crippen LogP contribution in [0.25, 0.3) is 0 Å². The van der Waals surface area contributed by atoms with E-state index in [9.17, 15) is 4.79 Å². The number of hydrogen-bond donors (Lipinski definition) is 1. The van der Waals surface area contributed by atoms with Gasteiger partial charge in [0, 0.05) is 0 Å². The molecule has 1 atom stereocenters. The van der Waals surface area contributed by atoms with Gasteiger partial charge in [0.15, 0.2) is 5.78 Å². The highest BCUT2D eigenvalue weighted by atomic mass is 16.1. The third kappa shape index (κ3) is 1.36. The van der Waals surface area contributed by atoms with Crippen LogP contribution in [0.4, 0.5) is 0 Å². The van der Waals surface area contributed by atoms with Gasteiger partial charge in [-0.2, -0.15) is 0 Å². The van der Waals surface area contributed by atoms with Crippen LogP contribution in [0.3, 0.4) is 0 Å². The standard InChI is InChI=1S/C12H15NO/c1-9(13)11(14)12(7-8-12)10-5-3-2-4-6-10/h2-6,9H,7-8,13H2,1H3. The SMILES string of the molecule is CC(N)C(=O)C1(c2ccccc2)CC1. The van der Waals surface area contributed by atoms with E-state index in [1.54, 1.807) is 6.92 Å². The summed E-state index contributed by atoms with van der Waals surface area (Å²) in [4.78, 5) is 11.9. The minimum Gasteiger partial charge on any atom is -0.322 e. The third-order valence-corrected chi connectivity index (χ3v) is 2.96. The van der Waals surface area contributed by atoms with Crippen molar-refractivity contribution < 1.29 is 4.79 Å². The summed E-state index contributed by atoms with van der Waals surface area (Å²) in [5.41, 5.74) is 6.54. The Morgan fingerprint density at radius 3 is 2.36 bits per heavy atom. The first-order valence-corrected chi connectivity index (χ1v) is 5.02. The highest BCUT2D eigenvalue weighted by Crippen LogP contribution is 2.49. The molecule has 1 saturated carbocycles. The zero-order chi connectivity index (χ0) is 10.2. The van der Waals surface area contributed by atoms with E-state index in [4.69, 9.17) is 5.73 Å². The number of carbonyl (C=O) groups excluding carboxylic acids is 1. The van der Waals surface area contributed by atoms with Gasteiger partial charge in [0.2, 0.25) is 0 Å². The summed E-state index contributed by atoms with van der Waals surface area (Å²) in [6, 6.07) is 9.61. The molecule has 14 heavy (non-hydrogen) atoms. The first kappa shape index (κ1) is 9.41. The molecule has 1 aromatic carbocycles. The van der Waals surface area contributed by atoms with Crippen LogP contribution in [-0.2, 0) is 10.2 Å². The van der Waals surface area contributed by atoms with E-state index in [1.165, 1.54) is 0 Å².